The number of carbonyl (C=O) groups is 1. The first-order valence-electron chi connectivity index (χ1n) is 9.68. The molecule has 1 heterocycles. The molecule has 2 fully saturated rings. The maximum absolute atomic E-state index is 13.0. The molecule has 0 spiro atoms. The Balaban J connectivity index is 0.00000225. The van der Waals surface area contributed by atoms with Crippen molar-refractivity contribution in [1.29, 1.82) is 0 Å². The van der Waals surface area contributed by atoms with Crippen LogP contribution in [0, 0.1) is 11.8 Å². The number of rotatable bonds is 7. The van der Waals surface area contributed by atoms with E-state index in [4.69, 9.17) is 0 Å². The summed E-state index contributed by atoms with van der Waals surface area (Å²) >= 11 is 1.59. The fraction of sp³-hybridized carbons (Fsp3) is 0.667. The molecule has 140 valence electrons. The second kappa shape index (κ2) is 10.6. The van der Waals surface area contributed by atoms with Gasteiger partial charge in [-0.2, -0.15) is 0 Å². The molecule has 1 aliphatic carbocycles. The summed E-state index contributed by atoms with van der Waals surface area (Å²) in [5.41, 5.74) is 1.23. The molecule has 1 saturated heterocycles. The first-order chi connectivity index (χ1) is 11.7. The Kier molecular flexibility index (Phi) is 8.81. The Morgan fingerprint density at radius 1 is 1.12 bits per heavy atom. The summed E-state index contributed by atoms with van der Waals surface area (Å²) in [5.74, 6) is 2.22. The lowest BCUT2D eigenvalue weighted by Gasteiger charge is -2.24. The highest BCUT2D eigenvalue weighted by molar-refractivity contribution is 8.13. The minimum absolute atomic E-state index is 0. The van der Waals surface area contributed by atoms with Crippen LogP contribution in [0.2, 0.25) is 0 Å². The molecule has 1 aliphatic heterocycles. The zero-order valence-electron chi connectivity index (χ0n) is 15.4. The summed E-state index contributed by atoms with van der Waals surface area (Å²) in [6.07, 6.45) is 7.70. The van der Waals surface area contributed by atoms with Gasteiger partial charge in [-0.25, -0.2) is 0 Å². The molecule has 3 rings (SSSR count). The molecule has 1 aromatic carbocycles. The van der Waals surface area contributed by atoms with Gasteiger partial charge in [0.1, 0.15) is 0 Å². The lowest BCUT2D eigenvalue weighted by Crippen LogP contribution is -2.27. The standard InChI is InChI=1S/C21H31NOS.ClH/c1-17(15-22-13-7-8-14-22)16-24-21(23)20(19-11-5-6-12-19)18-9-3-2-4-10-18;/h2-4,9-10,17,19-20H,5-8,11-16H2,1H3;1H. The van der Waals surface area contributed by atoms with E-state index in [9.17, 15) is 4.79 Å². The molecule has 25 heavy (non-hydrogen) atoms. The van der Waals surface area contributed by atoms with Gasteiger partial charge in [0, 0.05) is 12.3 Å². The molecular weight excluding hydrogens is 350 g/mol. The Bertz CT molecular complexity index is 512. The number of hydrogen-bond donors (Lipinski definition) is 0. The van der Waals surface area contributed by atoms with Gasteiger partial charge in [-0.3, -0.25) is 4.79 Å². The monoisotopic (exact) mass is 381 g/mol. The Morgan fingerprint density at radius 3 is 2.40 bits per heavy atom. The van der Waals surface area contributed by atoms with Gasteiger partial charge in [0.2, 0.25) is 0 Å². The maximum Gasteiger partial charge on any atom is 0.196 e. The van der Waals surface area contributed by atoms with Crippen molar-refractivity contribution in [3.8, 4) is 0 Å². The number of carbonyl (C=O) groups excluding carboxylic acids is 1. The van der Waals surface area contributed by atoms with E-state index in [0.29, 0.717) is 17.0 Å². The average molecular weight is 382 g/mol. The van der Waals surface area contributed by atoms with E-state index in [2.05, 4.69) is 36.1 Å². The Labute approximate surface area is 163 Å². The topological polar surface area (TPSA) is 20.3 Å². The van der Waals surface area contributed by atoms with Crippen molar-refractivity contribution in [1.82, 2.24) is 4.90 Å². The average Bonchev–Trinajstić information content (AvgIpc) is 3.28. The third-order valence-corrected chi connectivity index (χ3v) is 6.84. The molecule has 2 atom stereocenters. The van der Waals surface area contributed by atoms with Gasteiger partial charge in [-0.1, -0.05) is 61.9 Å². The minimum Gasteiger partial charge on any atom is -0.303 e. The molecule has 0 bridgehead atoms. The van der Waals surface area contributed by atoms with Gasteiger partial charge in [-0.15, -0.1) is 12.4 Å². The third-order valence-electron chi connectivity index (χ3n) is 5.56. The number of benzene rings is 1. The fourth-order valence-corrected chi connectivity index (χ4v) is 5.39. The number of thioether (sulfide) groups is 1. The number of hydrogen-bond acceptors (Lipinski definition) is 3. The number of nitrogens with zero attached hydrogens (tertiary/aromatic N) is 1. The van der Waals surface area contributed by atoms with Gasteiger partial charge in [0.25, 0.3) is 0 Å². The molecular formula is C21H32ClNOS. The van der Waals surface area contributed by atoms with Crippen LogP contribution >= 0.6 is 24.2 Å². The summed E-state index contributed by atoms with van der Waals surface area (Å²) in [5, 5.41) is 0.404. The summed E-state index contributed by atoms with van der Waals surface area (Å²) in [7, 11) is 0. The number of halogens is 1. The van der Waals surface area contributed by atoms with E-state index in [1.807, 2.05) is 6.07 Å². The SMILES string of the molecule is CC(CSC(=O)C(c1ccccc1)C1CCCC1)CN1CCCC1.Cl. The normalized spacial score (nSPS) is 21.0. The van der Waals surface area contributed by atoms with Crippen molar-refractivity contribution in [2.75, 3.05) is 25.4 Å². The van der Waals surface area contributed by atoms with Crippen molar-refractivity contribution in [3.63, 3.8) is 0 Å². The first-order valence-corrected chi connectivity index (χ1v) is 10.7. The molecule has 0 radical (unpaired) electrons. The lowest BCUT2D eigenvalue weighted by atomic mass is 9.86. The highest BCUT2D eigenvalue weighted by Gasteiger charge is 2.32. The molecule has 1 aromatic rings. The van der Waals surface area contributed by atoms with Crippen molar-refractivity contribution in [2.24, 2.45) is 11.8 Å². The second-order valence-electron chi connectivity index (χ2n) is 7.68. The van der Waals surface area contributed by atoms with Crippen molar-refractivity contribution >= 4 is 29.3 Å². The van der Waals surface area contributed by atoms with Crippen LogP contribution in [0.1, 0.15) is 56.9 Å². The van der Waals surface area contributed by atoms with Crippen LogP contribution in [0.15, 0.2) is 30.3 Å². The first kappa shape index (κ1) is 20.8. The second-order valence-corrected chi connectivity index (χ2v) is 8.70. The zero-order chi connectivity index (χ0) is 16.8. The molecule has 4 heteroatoms. The Morgan fingerprint density at radius 2 is 1.76 bits per heavy atom. The predicted octanol–water partition coefficient (Wildman–Crippen LogP) is 5.37. The van der Waals surface area contributed by atoms with E-state index >= 15 is 0 Å². The highest BCUT2D eigenvalue weighted by Crippen LogP contribution is 2.40. The molecule has 0 amide bonds. The van der Waals surface area contributed by atoms with Crippen molar-refractivity contribution in [2.45, 2.75) is 51.4 Å². The summed E-state index contributed by atoms with van der Waals surface area (Å²) in [4.78, 5) is 15.6. The zero-order valence-corrected chi connectivity index (χ0v) is 17.0. The van der Waals surface area contributed by atoms with Gasteiger partial charge >= 0.3 is 0 Å². The quantitative estimate of drug-likeness (QED) is 0.632. The van der Waals surface area contributed by atoms with Gasteiger partial charge in [0.05, 0.1) is 5.92 Å². The molecule has 2 nitrogen and oxygen atoms in total. The molecule has 0 N–H and O–H groups in total. The summed E-state index contributed by atoms with van der Waals surface area (Å²) < 4.78 is 0. The van der Waals surface area contributed by atoms with Gasteiger partial charge in [-0.05, 0) is 56.2 Å². The van der Waals surface area contributed by atoms with E-state index in [0.717, 1.165) is 12.3 Å². The number of likely N-dealkylation sites (tertiary alicyclic amines) is 1. The van der Waals surface area contributed by atoms with Gasteiger partial charge in [0.15, 0.2) is 5.12 Å². The van der Waals surface area contributed by atoms with E-state index in [1.165, 1.54) is 57.2 Å². The van der Waals surface area contributed by atoms with Crippen LogP contribution in [0.5, 0.6) is 0 Å². The molecule has 2 aliphatic rings. The largest absolute Gasteiger partial charge is 0.303 e. The Hall–Kier alpha value is -0.510. The van der Waals surface area contributed by atoms with Crippen LogP contribution < -0.4 is 0 Å². The van der Waals surface area contributed by atoms with Crippen LogP contribution in [0.3, 0.4) is 0 Å². The van der Waals surface area contributed by atoms with Crippen LogP contribution in [-0.4, -0.2) is 35.4 Å². The molecule has 2 unspecified atom stereocenters. The van der Waals surface area contributed by atoms with E-state index in [1.54, 1.807) is 11.8 Å². The van der Waals surface area contributed by atoms with E-state index in [-0.39, 0.29) is 18.3 Å². The van der Waals surface area contributed by atoms with Crippen molar-refractivity contribution in [3.05, 3.63) is 35.9 Å². The summed E-state index contributed by atoms with van der Waals surface area (Å²) in [6.45, 7) is 5.95. The fourth-order valence-electron chi connectivity index (χ4n) is 4.32. The van der Waals surface area contributed by atoms with Crippen LogP contribution in [0.25, 0.3) is 0 Å². The highest BCUT2D eigenvalue weighted by atomic mass is 35.5. The maximum atomic E-state index is 13.0. The smallest absolute Gasteiger partial charge is 0.196 e. The third kappa shape index (κ3) is 6.01. The lowest BCUT2D eigenvalue weighted by molar-refractivity contribution is -0.113. The predicted molar refractivity (Wildman–Crippen MR) is 111 cm³/mol. The molecule has 0 aromatic heterocycles. The van der Waals surface area contributed by atoms with E-state index < -0.39 is 0 Å². The molecule has 1 saturated carbocycles. The summed E-state index contributed by atoms with van der Waals surface area (Å²) in [6, 6.07) is 10.5. The van der Waals surface area contributed by atoms with Crippen molar-refractivity contribution < 1.29 is 4.79 Å². The van der Waals surface area contributed by atoms with Crippen LogP contribution in [0.4, 0.5) is 0 Å². The van der Waals surface area contributed by atoms with Gasteiger partial charge < -0.3 is 4.90 Å². The minimum atomic E-state index is 0. The van der Waals surface area contributed by atoms with Crippen LogP contribution in [-0.2, 0) is 4.79 Å².